The number of esters is 1. The number of nitrogens with two attached hydrogens (primary N) is 1. The van der Waals surface area contributed by atoms with E-state index in [4.69, 9.17) is 15.2 Å². The van der Waals surface area contributed by atoms with E-state index in [1.165, 1.54) is 19.1 Å². The van der Waals surface area contributed by atoms with Crippen molar-refractivity contribution in [2.75, 3.05) is 5.32 Å². The zero-order valence-corrected chi connectivity index (χ0v) is 16.9. The molecule has 0 spiro atoms. The van der Waals surface area contributed by atoms with E-state index >= 15 is 0 Å². The van der Waals surface area contributed by atoms with Crippen LogP contribution in [0.1, 0.15) is 33.2 Å². The van der Waals surface area contributed by atoms with Crippen molar-refractivity contribution in [3.8, 4) is 5.75 Å². The molecular weight excluding hydrogens is 396 g/mol. The molecule has 0 bridgehead atoms. The van der Waals surface area contributed by atoms with Crippen molar-refractivity contribution >= 4 is 23.5 Å². The van der Waals surface area contributed by atoms with Gasteiger partial charge in [0.05, 0.1) is 5.56 Å². The molecule has 0 aliphatic carbocycles. The van der Waals surface area contributed by atoms with E-state index in [2.05, 4.69) is 5.32 Å². The molecule has 7 nitrogen and oxygen atoms in total. The first-order chi connectivity index (χ1) is 14.9. The zero-order valence-electron chi connectivity index (χ0n) is 16.9. The van der Waals surface area contributed by atoms with Crippen molar-refractivity contribution < 1.29 is 23.9 Å². The third-order valence-electron chi connectivity index (χ3n) is 4.43. The number of hydrogen-bond donors (Lipinski definition) is 2. The lowest BCUT2D eigenvalue weighted by Gasteiger charge is -2.14. The molecule has 31 heavy (non-hydrogen) atoms. The number of carbonyl (C=O) groups is 3. The molecule has 0 aromatic heterocycles. The fourth-order valence-corrected chi connectivity index (χ4v) is 2.66. The Morgan fingerprint density at radius 2 is 1.48 bits per heavy atom. The topological polar surface area (TPSA) is 108 Å². The highest BCUT2D eigenvalue weighted by molar-refractivity contribution is 5.98. The first kappa shape index (κ1) is 21.6. The number of ether oxygens (including phenoxy) is 2. The highest BCUT2D eigenvalue weighted by Crippen LogP contribution is 2.14. The molecule has 0 fully saturated rings. The standard InChI is InChI=1S/C24H22N2O5/c1-16(23(28)26-20-13-11-18(12-14-20)22(25)27)31-24(29)19-9-7-17(8-10-19)15-30-21-5-3-2-4-6-21/h2-14,16H,15H2,1H3,(H2,25,27)(H,26,28). The predicted molar refractivity (Wildman–Crippen MR) is 116 cm³/mol. The Labute approximate surface area is 179 Å². The molecule has 2 amide bonds. The summed E-state index contributed by atoms with van der Waals surface area (Å²) in [5.74, 6) is -0.900. The van der Waals surface area contributed by atoms with Gasteiger partial charge in [-0.25, -0.2) is 4.79 Å². The van der Waals surface area contributed by atoms with Crippen molar-refractivity contribution in [3.63, 3.8) is 0 Å². The van der Waals surface area contributed by atoms with Gasteiger partial charge in [0, 0.05) is 11.3 Å². The number of benzene rings is 3. The van der Waals surface area contributed by atoms with E-state index in [9.17, 15) is 14.4 Å². The van der Waals surface area contributed by atoms with Crippen LogP contribution in [0.3, 0.4) is 0 Å². The summed E-state index contributed by atoms with van der Waals surface area (Å²) in [6.45, 7) is 1.85. The average Bonchev–Trinajstić information content (AvgIpc) is 2.79. The number of rotatable bonds is 8. The summed E-state index contributed by atoms with van der Waals surface area (Å²) in [5.41, 5.74) is 7.19. The van der Waals surface area contributed by atoms with E-state index in [0.717, 1.165) is 11.3 Å². The third kappa shape index (κ3) is 6.17. The molecule has 0 saturated carbocycles. The van der Waals surface area contributed by atoms with Gasteiger partial charge in [-0.3, -0.25) is 9.59 Å². The Morgan fingerprint density at radius 3 is 2.10 bits per heavy atom. The number of carbonyl (C=O) groups excluding carboxylic acids is 3. The van der Waals surface area contributed by atoms with Crippen LogP contribution in [-0.4, -0.2) is 23.9 Å². The lowest BCUT2D eigenvalue weighted by atomic mass is 10.1. The molecule has 0 saturated heterocycles. The van der Waals surface area contributed by atoms with Crippen LogP contribution in [0.25, 0.3) is 0 Å². The zero-order chi connectivity index (χ0) is 22.2. The number of hydrogen-bond acceptors (Lipinski definition) is 5. The second kappa shape index (κ2) is 10.1. The number of nitrogens with one attached hydrogen (secondary N) is 1. The number of amides is 2. The number of para-hydroxylation sites is 1. The van der Waals surface area contributed by atoms with E-state index in [1.807, 2.05) is 30.3 Å². The van der Waals surface area contributed by atoms with Crippen LogP contribution >= 0.6 is 0 Å². The first-order valence-electron chi connectivity index (χ1n) is 9.61. The Hall–Kier alpha value is -4.13. The summed E-state index contributed by atoms with van der Waals surface area (Å²) in [5, 5.41) is 2.62. The van der Waals surface area contributed by atoms with Gasteiger partial charge in [0.1, 0.15) is 12.4 Å². The summed E-state index contributed by atoms with van der Waals surface area (Å²) < 4.78 is 10.9. The van der Waals surface area contributed by atoms with Crippen molar-refractivity contribution in [1.82, 2.24) is 0 Å². The Bertz CT molecular complexity index is 1050. The Morgan fingerprint density at radius 1 is 0.871 bits per heavy atom. The van der Waals surface area contributed by atoms with Crippen LogP contribution < -0.4 is 15.8 Å². The fourth-order valence-electron chi connectivity index (χ4n) is 2.66. The van der Waals surface area contributed by atoms with Gasteiger partial charge in [-0.2, -0.15) is 0 Å². The van der Waals surface area contributed by atoms with Gasteiger partial charge in [0.15, 0.2) is 6.10 Å². The summed E-state index contributed by atoms with van der Waals surface area (Å²) in [6.07, 6.45) is -1.01. The molecule has 3 aromatic carbocycles. The van der Waals surface area contributed by atoms with E-state index in [-0.39, 0.29) is 0 Å². The number of anilines is 1. The lowest BCUT2D eigenvalue weighted by Crippen LogP contribution is -2.30. The predicted octanol–water partition coefficient (Wildman–Crippen LogP) is 3.55. The van der Waals surface area contributed by atoms with Gasteiger partial charge in [-0.1, -0.05) is 30.3 Å². The van der Waals surface area contributed by atoms with Gasteiger partial charge in [-0.15, -0.1) is 0 Å². The Balaban J connectivity index is 1.51. The summed E-state index contributed by atoms with van der Waals surface area (Å²) in [7, 11) is 0. The molecule has 3 rings (SSSR count). The monoisotopic (exact) mass is 418 g/mol. The molecule has 3 aromatic rings. The molecule has 1 atom stereocenters. The molecule has 3 N–H and O–H groups in total. The SMILES string of the molecule is CC(OC(=O)c1ccc(COc2ccccc2)cc1)C(=O)Nc1ccc(C(N)=O)cc1. The van der Waals surface area contributed by atoms with Gasteiger partial charge >= 0.3 is 5.97 Å². The van der Waals surface area contributed by atoms with Gasteiger partial charge in [0.2, 0.25) is 5.91 Å². The minimum atomic E-state index is -1.01. The summed E-state index contributed by atoms with van der Waals surface area (Å²) in [6, 6.07) is 22.3. The molecule has 0 aliphatic rings. The fraction of sp³-hybridized carbons (Fsp3) is 0.125. The van der Waals surface area contributed by atoms with Crippen molar-refractivity contribution in [1.29, 1.82) is 0 Å². The smallest absolute Gasteiger partial charge is 0.338 e. The largest absolute Gasteiger partial charge is 0.489 e. The Kier molecular flexibility index (Phi) is 7.01. The van der Waals surface area contributed by atoms with Crippen LogP contribution in [-0.2, 0) is 16.1 Å². The van der Waals surface area contributed by atoms with Crippen LogP contribution in [0.2, 0.25) is 0 Å². The van der Waals surface area contributed by atoms with Crippen molar-refractivity contribution in [2.24, 2.45) is 5.73 Å². The summed E-state index contributed by atoms with van der Waals surface area (Å²) in [4.78, 5) is 35.7. The van der Waals surface area contributed by atoms with Gasteiger partial charge in [0.25, 0.3) is 5.91 Å². The second-order valence-electron chi connectivity index (χ2n) is 6.78. The molecule has 0 aliphatic heterocycles. The quantitative estimate of drug-likeness (QED) is 0.544. The van der Waals surface area contributed by atoms with E-state index < -0.39 is 23.9 Å². The minimum absolute atomic E-state index is 0.328. The maximum absolute atomic E-state index is 12.3. The normalized spacial score (nSPS) is 11.3. The highest BCUT2D eigenvalue weighted by atomic mass is 16.5. The van der Waals surface area contributed by atoms with E-state index in [0.29, 0.717) is 23.4 Å². The van der Waals surface area contributed by atoms with Gasteiger partial charge in [-0.05, 0) is 61.0 Å². The van der Waals surface area contributed by atoms with Crippen molar-refractivity contribution in [3.05, 3.63) is 95.6 Å². The number of primary amides is 1. The van der Waals surface area contributed by atoms with Crippen LogP contribution in [0.4, 0.5) is 5.69 Å². The van der Waals surface area contributed by atoms with E-state index in [1.54, 1.807) is 36.4 Å². The molecule has 7 heteroatoms. The van der Waals surface area contributed by atoms with Gasteiger partial charge < -0.3 is 20.5 Å². The lowest BCUT2D eigenvalue weighted by molar-refractivity contribution is -0.123. The minimum Gasteiger partial charge on any atom is -0.489 e. The maximum atomic E-state index is 12.3. The molecule has 158 valence electrons. The van der Waals surface area contributed by atoms with Crippen LogP contribution in [0.15, 0.2) is 78.9 Å². The van der Waals surface area contributed by atoms with Crippen LogP contribution in [0.5, 0.6) is 5.75 Å². The molecular formula is C24H22N2O5. The van der Waals surface area contributed by atoms with Crippen molar-refractivity contribution in [2.45, 2.75) is 19.6 Å². The molecule has 0 heterocycles. The van der Waals surface area contributed by atoms with Crippen LogP contribution in [0, 0.1) is 0 Å². The molecule has 0 radical (unpaired) electrons. The first-order valence-corrected chi connectivity index (χ1v) is 9.61. The summed E-state index contributed by atoms with van der Waals surface area (Å²) >= 11 is 0. The maximum Gasteiger partial charge on any atom is 0.338 e. The third-order valence-corrected chi connectivity index (χ3v) is 4.43. The average molecular weight is 418 g/mol. The second-order valence-corrected chi connectivity index (χ2v) is 6.78. The highest BCUT2D eigenvalue weighted by Gasteiger charge is 2.19. The molecule has 1 unspecified atom stereocenters.